The van der Waals surface area contributed by atoms with Gasteiger partial charge in [0, 0.05) is 23.1 Å². The van der Waals surface area contributed by atoms with E-state index in [1.54, 1.807) is 35.0 Å². The average Bonchev–Trinajstić information content (AvgIpc) is 3.10. The summed E-state index contributed by atoms with van der Waals surface area (Å²) >= 11 is 0. The molecule has 0 saturated heterocycles. The van der Waals surface area contributed by atoms with Crippen LogP contribution >= 0.6 is 0 Å². The van der Waals surface area contributed by atoms with Crippen molar-refractivity contribution < 1.29 is 9.53 Å². The number of anilines is 2. The maximum atomic E-state index is 12.3. The minimum atomic E-state index is -0.309. The molecule has 2 N–H and O–H groups in total. The van der Waals surface area contributed by atoms with Gasteiger partial charge < -0.3 is 15.4 Å². The molecule has 162 valence electrons. The molecule has 0 saturated carbocycles. The van der Waals surface area contributed by atoms with E-state index in [9.17, 15) is 4.79 Å². The van der Waals surface area contributed by atoms with E-state index < -0.39 is 0 Å². The van der Waals surface area contributed by atoms with E-state index in [4.69, 9.17) is 4.74 Å². The molecule has 2 amide bonds. The minimum Gasteiger partial charge on any atom is -0.439 e. The molecular formula is C24H24N6O2. The fourth-order valence-corrected chi connectivity index (χ4v) is 3.33. The van der Waals surface area contributed by atoms with E-state index in [2.05, 4.69) is 25.7 Å². The Bertz CT molecular complexity index is 1260. The van der Waals surface area contributed by atoms with E-state index in [1.165, 1.54) is 6.33 Å². The SMILES string of the molecule is Cc1ccc(NC(=O)Nc2ccc(Oc3cc(-n4nc(C)cc4C)ncn3)cc2)c(C)c1. The molecule has 0 spiro atoms. The van der Waals surface area contributed by atoms with Crippen molar-refractivity contribution in [1.29, 1.82) is 0 Å². The smallest absolute Gasteiger partial charge is 0.323 e. The number of benzene rings is 2. The lowest BCUT2D eigenvalue weighted by Crippen LogP contribution is -2.19. The van der Waals surface area contributed by atoms with Crippen molar-refractivity contribution in [3.63, 3.8) is 0 Å². The normalized spacial score (nSPS) is 10.6. The van der Waals surface area contributed by atoms with E-state index in [0.717, 1.165) is 28.2 Å². The standard InChI is InChI=1S/C24H24N6O2/c1-15-5-10-21(16(2)11-15)28-24(31)27-19-6-8-20(9-7-19)32-23-13-22(25-14-26-23)30-18(4)12-17(3)29-30/h5-14H,1-4H3,(H2,27,28,31). The van der Waals surface area contributed by atoms with Gasteiger partial charge in [0.15, 0.2) is 5.82 Å². The fourth-order valence-electron chi connectivity index (χ4n) is 3.33. The monoisotopic (exact) mass is 428 g/mol. The number of rotatable bonds is 5. The van der Waals surface area contributed by atoms with Crippen LogP contribution in [0.2, 0.25) is 0 Å². The molecule has 0 unspecified atom stereocenters. The number of aromatic nitrogens is 4. The van der Waals surface area contributed by atoms with Crippen LogP contribution in [0.3, 0.4) is 0 Å². The Hall–Kier alpha value is -4.20. The van der Waals surface area contributed by atoms with Gasteiger partial charge in [-0.25, -0.2) is 19.4 Å². The third-order valence-corrected chi connectivity index (χ3v) is 4.82. The summed E-state index contributed by atoms with van der Waals surface area (Å²) in [7, 11) is 0. The summed E-state index contributed by atoms with van der Waals surface area (Å²) in [5.41, 5.74) is 5.46. The average molecular weight is 428 g/mol. The zero-order valence-electron chi connectivity index (χ0n) is 18.4. The molecule has 0 aliphatic heterocycles. The quantitative estimate of drug-likeness (QED) is 0.448. The summed E-state index contributed by atoms with van der Waals surface area (Å²) in [5.74, 6) is 1.61. The van der Waals surface area contributed by atoms with Crippen LogP contribution in [-0.2, 0) is 0 Å². The van der Waals surface area contributed by atoms with Crippen molar-refractivity contribution in [2.45, 2.75) is 27.7 Å². The Labute approximate surface area is 186 Å². The molecule has 2 aromatic heterocycles. The van der Waals surface area contributed by atoms with Crippen LogP contribution in [0.25, 0.3) is 5.82 Å². The first kappa shape index (κ1) is 21.0. The third-order valence-electron chi connectivity index (χ3n) is 4.82. The fraction of sp³-hybridized carbons (Fsp3) is 0.167. The summed E-state index contributed by atoms with van der Waals surface area (Å²) in [6, 6.07) is 16.3. The van der Waals surface area contributed by atoms with E-state index >= 15 is 0 Å². The lowest BCUT2D eigenvalue weighted by Gasteiger charge is -2.11. The highest BCUT2D eigenvalue weighted by molar-refractivity contribution is 6.00. The van der Waals surface area contributed by atoms with Crippen molar-refractivity contribution in [3.8, 4) is 17.4 Å². The number of carbonyl (C=O) groups is 1. The maximum Gasteiger partial charge on any atom is 0.323 e. The Morgan fingerprint density at radius 1 is 0.906 bits per heavy atom. The highest BCUT2D eigenvalue weighted by Gasteiger charge is 2.09. The van der Waals surface area contributed by atoms with Gasteiger partial charge in [-0.2, -0.15) is 5.10 Å². The first-order valence-electron chi connectivity index (χ1n) is 10.2. The van der Waals surface area contributed by atoms with Gasteiger partial charge >= 0.3 is 6.03 Å². The molecule has 0 atom stereocenters. The molecule has 4 rings (SSSR count). The van der Waals surface area contributed by atoms with Gasteiger partial charge in [-0.3, -0.25) is 0 Å². The highest BCUT2D eigenvalue weighted by Crippen LogP contribution is 2.23. The van der Waals surface area contributed by atoms with Crippen LogP contribution in [0.1, 0.15) is 22.5 Å². The number of aryl methyl sites for hydroxylation is 4. The number of nitrogens with zero attached hydrogens (tertiary/aromatic N) is 4. The van der Waals surface area contributed by atoms with Gasteiger partial charge in [-0.1, -0.05) is 17.7 Å². The molecule has 2 heterocycles. The van der Waals surface area contributed by atoms with Gasteiger partial charge in [-0.05, 0) is 69.7 Å². The molecule has 8 nitrogen and oxygen atoms in total. The van der Waals surface area contributed by atoms with Gasteiger partial charge in [0.1, 0.15) is 12.1 Å². The van der Waals surface area contributed by atoms with Crippen LogP contribution in [0.15, 0.2) is 60.9 Å². The maximum absolute atomic E-state index is 12.3. The van der Waals surface area contributed by atoms with Crippen molar-refractivity contribution in [1.82, 2.24) is 19.7 Å². The van der Waals surface area contributed by atoms with Gasteiger partial charge in [0.05, 0.1) is 5.69 Å². The molecule has 2 aromatic carbocycles. The van der Waals surface area contributed by atoms with Gasteiger partial charge in [-0.15, -0.1) is 0 Å². The number of carbonyl (C=O) groups excluding carboxylic acids is 1. The lowest BCUT2D eigenvalue weighted by molar-refractivity contribution is 0.262. The van der Waals surface area contributed by atoms with Crippen molar-refractivity contribution >= 4 is 17.4 Å². The van der Waals surface area contributed by atoms with Crippen LogP contribution < -0.4 is 15.4 Å². The molecule has 0 bridgehead atoms. The van der Waals surface area contributed by atoms with Crippen LogP contribution in [0, 0.1) is 27.7 Å². The minimum absolute atomic E-state index is 0.309. The van der Waals surface area contributed by atoms with E-state index in [1.807, 2.05) is 52.0 Å². The zero-order valence-corrected chi connectivity index (χ0v) is 18.4. The van der Waals surface area contributed by atoms with Gasteiger partial charge in [0.2, 0.25) is 5.88 Å². The summed E-state index contributed by atoms with van der Waals surface area (Å²) in [6.45, 7) is 7.87. The Kier molecular flexibility index (Phi) is 5.85. The molecule has 8 heteroatoms. The number of hydrogen-bond acceptors (Lipinski definition) is 5. The molecule has 0 aliphatic carbocycles. The Morgan fingerprint density at radius 3 is 2.38 bits per heavy atom. The summed E-state index contributed by atoms with van der Waals surface area (Å²) in [6.07, 6.45) is 1.44. The number of amides is 2. The van der Waals surface area contributed by atoms with Crippen molar-refractivity contribution in [3.05, 3.63) is 83.4 Å². The third kappa shape index (κ3) is 4.92. The van der Waals surface area contributed by atoms with Gasteiger partial charge in [0.25, 0.3) is 0 Å². The molecule has 0 aliphatic rings. The first-order valence-corrected chi connectivity index (χ1v) is 10.2. The Morgan fingerprint density at radius 2 is 1.69 bits per heavy atom. The van der Waals surface area contributed by atoms with Crippen LogP contribution in [0.4, 0.5) is 16.2 Å². The zero-order chi connectivity index (χ0) is 22.7. The molecule has 0 radical (unpaired) electrons. The second kappa shape index (κ2) is 8.89. The summed E-state index contributed by atoms with van der Waals surface area (Å²) in [5, 5.41) is 10.1. The van der Waals surface area contributed by atoms with E-state index in [0.29, 0.717) is 23.1 Å². The largest absolute Gasteiger partial charge is 0.439 e. The number of urea groups is 1. The van der Waals surface area contributed by atoms with E-state index in [-0.39, 0.29) is 6.03 Å². The topological polar surface area (TPSA) is 94.0 Å². The second-order valence-corrected chi connectivity index (χ2v) is 7.58. The number of nitrogens with one attached hydrogen (secondary N) is 2. The predicted molar refractivity (Wildman–Crippen MR) is 124 cm³/mol. The summed E-state index contributed by atoms with van der Waals surface area (Å²) in [4.78, 5) is 20.8. The predicted octanol–water partition coefficient (Wildman–Crippen LogP) is 5.33. The number of ether oxygens (including phenoxy) is 1. The second-order valence-electron chi connectivity index (χ2n) is 7.58. The lowest BCUT2D eigenvalue weighted by atomic mass is 10.1. The molecular weight excluding hydrogens is 404 g/mol. The van der Waals surface area contributed by atoms with Crippen LogP contribution in [-0.4, -0.2) is 25.8 Å². The van der Waals surface area contributed by atoms with Crippen LogP contribution in [0.5, 0.6) is 11.6 Å². The molecule has 32 heavy (non-hydrogen) atoms. The molecule has 0 fully saturated rings. The van der Waals surface area contributed by atoms with Crippen molar-refractivity contribution in [2.24, 2.45) is 0 Å². The highest BCUT2D eigenvalue weighted by atomic mass is 16.5. The number of hydrogen-bond donors (Lipinski definition) is 2. The molecule has 4 aromatic rings. The summed E-state index contributed by atoms with van der Waals surface area (Å²) < 4.78 is 7.59. The first-order chi connectivity index (χ1) is 15.4. The Balaban J connectivity index is 1.40. The van der Waals surface area contributed by atoms with Crippen molar-refractivity contribution in [2.75, 3.05) is 10.6 Å².